The Kier molecular flexibility index (Phi) is 6.62. The highest BCUT2D eigenvalue weighted by Gasteiger charge is 2.30. The molecule has 2 heterocycles. The summed E-state index contributed by atoms with van der Waals surface area (Å²) in [5.74, 6) is 0.529. The fourth-order valence-electron chi connectivity index (χ4n) is 5.19. The summed E-state index contributed by atoms with van der Waals surface area (Å²) in [5, 5.41) is 15.0. The number of hydrogen-bond donors (Lipinski definition) is 3. The zero-order valence-corrected chi connectivity index (χ0v) is 22.8. The predicted octanol–water partition coefficient (Wildman–Crippen LogP) is 6.82. The molecule has 0 bridgehead atoms. The molecule has 0 aliphatic heterocycles. The number of aromatic amines is 1. The highest BCUT2D eigenvalue weighted by atomic mass is 19.1. The van der Waals surface area contributed by atoms with Crippen LogP contribution in [-0.2, 0) is 11.3 Å². The van der Waals surface area contributed by atoms with Crippen LogP contribution in [0.15, 0.2) is 66.9 Å². The summed E-state index contributed by atoms with van der Waals surface area (Å²) in [6.07, 6.45) is 3.78. The normalized spacial score (nSPS) is 14.1. The van der Waals surface area contributed by atoms with E-state index in [-0.39, 0.29) is 29.6 Å². The molecule has 5 aromatic rings. The van der Waals surface area contributed by atoms with Crippen molar-refractivity contribution < 1.29 is 14.0 Å². The van der Waals surface area contributed by atoms with Gasteiger partial charge in [0.25, 0.3) is 5.91 Å². The average Bonchev–Trinajstić information content (AvgIpc) is 3.63. The van der Waals surface area contributed by atoms with Crippen LogP contribution in [-0.4, -0.2) is 26.6 Å². The second kappa shape index (κ2) is 10.3. The van der Waals surface area contributed by atoms with E-state index in [0.29, 0.717) is 22.9 Å². The molecule has 2 amide bonds. The number of rotatable bonds is 8. The molecular weight excluding hydrogens is 505 g/mol. The number of nitrogens with zero attached hydrogens (tertiary/aromatic N) is 2. The van der Waals surface area contributed by atoms with Crippen molar-refractivity contribution in [3.63, 3.8) is 0 Å². The van der Waals surface area contributed by atoms with Crippen LogP contribution >= 0.6 is 0 Å². The van der Waals surface area contributed by atoms with Gasteiger partial charge in [0.2, 0.25) is 5.91 Å². The summed E-state index contributed by atoms with van der Waals surface area (Å²) < 4.78 is 15.9. The van der Waals surface area contributed by atoms with Crippen molar-refractivity contribution in [2.75, 3.05) is 5.32 Å². The van der Waals surface area contributed by atoms with E-state index < -0.39 is 0 Å². The van der Waals surface area contributed by atoms with Crippen LogP contribution < -0.4 is 10.6 Å². The molecule has 0 saturated heterocycles. The van der Waals surface area contributed by atoms with Crippen LogP contribution in [0.2, 0.25) is 0 Å². The molecule has 1 aliphatic rings. The lowest BCUT2D eigenvalue weighted by Gasteiger charge is -2.14. The van der Waals surface area contributed by atoms with E-state index in [2.05, 4.69) is 51.4 Å². The number of fused-ring (bicyclic) bond motifs is 2. The summed E-state index contributed by atoms with van der Waals surface area (Å²) in [6, 6.07) is 18.1. The van der Waals surface area contributed by atoms with E-state index in [1.54, 1.807) is 6.07 Å². The monoisotopic (exact) mass is 537 g/mol. The molecule has 1 saturated carbocycles. The van der Waals surface area contributed by atoms with Gasteiger partial charge in [-0.05, 0) is 78.8 Å². The molecule has 40 heavy (non-hydrogen) atoms. The summed E-state index contributed by atoms with van der Waals surface area (Å²) in [4.78, 5) is 25.8. The fourth-order valence-corrected chi connectivity index (χ4v) is 5.19. The van der Waals surface area contributed by atoms with Crippen molar-refractivity contribution >= 4 is 39.4 Å². The molecule has 3 aromatic carbocycles. The van der Waals surface area contributed by atoms with E-state index in [4.69, 9.17) is 0 Å². The van der Waals surface area contributed by atoms with Crippen LogP contribution in [0.1, 0.15) is 55.6 Å². The Balaban J connectivity index is 1.34. The quantitative estimate of drug-likeness (QED) is 0.203. The lowest BCUT2D eigenvalue weighted by Crippen LogP contribution is -2.26. The number of nitrogens with one attached hydrogen (secondary N) is 3. The third-order valence-electron chi connectivity index (χ3n) is 7.47. The number of H-pyrrole nitrogens is 1. The van der Waals surface area contributed by atoms with Gasteiger partial charge in [0.15, 0.2) is 5.82 Å². The van der Waals surface area contributed by atoms with E-state index in [1.165, 1.54) is 12.1 Å². The van der Waals surface area contributed by atoms with Gasteiger partial charge in [-0.15, -0.1) is 0 Å². The summed E-state index contributed by atoms with van der Waals surface area (Å²) >= 11 is 0. The van der Waals surface area contributed by atoms with Crippen LogP contribution in [0.3, 0.4) is 0 Å². The van der Waals surface area contributed by atoms with Gasteiger partial charge >= 0.3 is 0 Å². The smallest absolute Gasteiger partial charge is 0.253 e. The minimum absolute atomic E-state index is 0.0198. The van der Waals surface area contributed by atoms with Crippen molar-refractivity contribution in [2.45, 2.75) is 46.2 Å². The Labute approximate surface area is 231 Å². The SMILES string of the molecule is CC(C)Cn1cc(C(=O)N[C@@H](C)c2cccc(F)c2)c2cc(-c3ccc4c(NC(=O)C5CC5)n[nH]c4c3)ccc21. The van der Waals surface area contributed by atoms with Gasteiger partial charge in [0.05, 0.1) is 17.1 Å². The van der Waals surface area contributed by atoms with E-state index in [0.717, 1.165) is 52.3 Å². The minimum atomic E-state index is -0.354. The second-order valence-corrected chi connectivity index (χ2v) is 11.2. The van der Waals surface area contributed by atoms with Gasteiger partial charge in [-0.25, -0.2) is 4.39 Å². The Bertz CT molecular complexity index is 1750. The van der Waals surface area contributed by atoms with Crippen molar-refractivity contribution in [1.82, 2.24) is 20.1 Å². The van der Waals surface area contributed by atoms with Crippen molar-refractivity contribution in [3.05, 3.63) is 83.8 Å². The molecule has 6 rings (SSSR count). The number of amides is 2. The average molecular weight is 538 g/mol. The van der Waals surface area contributed by atoms with E-state index in [1.807, 2.05) is 43.5 Å². The minimum Gasteiger partial charge on any atom is -0.346 e. The lowest BCUT2D eigenvalue weighted by molar-refractivity contribution is -0.117. The van der Waals surface area contributed by atoms with Crippen molar-refractivity contribution in [3.8, 4) is 11.1 Å². The van der Waals surface area contributed by atoms with Gasteiger partial charge in [0.1, 0.15) is 5.82 Å². The third kappa shape index (κ3) is 5.09. The molecular formula is C32H32FN5O2. The highest BCUT2D eigenvalue weighted by Crippen LogP contribution is 2.33. The molecule has 7 nitrogen and oxygen atoms in total. The van der Waals surface area contributed by atoms with E-state index >= 15 is 0 Å². The zero-order chi connectivity index (χ0) is 28.0. The highest BCUT2D eigenvalue weighted by molar-refractivity contribution is 6.08. The van der Waals surface area contributed by atoms with Gasteiger partial charge in [0, 0.05) is 34.9 Å². The number of benzene rings is 3. The maximum atomic E-state index is 13.8. The van der Waals surface area contributed by atoms with Gasteiger partial charge in [-0.1, -0.05) is 38.1 Å². The number of halogens is 1. The molecule has 204 valence electrons. The Morgan fingerprint density at radius 1 is 1.02 bits per heavy atom. The molecule has 3 N–H and O–H groups in total. The maximum Gasteiger partial charge on any atom is 0.253 e. The number of hydrogen-bond acceptors (Lipinski definition) is 3. The molecule has 1 fully saturated rings. The largest absolute Gasteiger partial charge is 0.346 e. The molecule has 0 unspecified atom stereocenters. The first kappa shape index (κ1) is 25.8. The maximum absolute atomic E-state index is 13.8. The van der Waals surface area contributed by atoms with Gasteiger partial charge in [-0.2, -0.15) is 5.10 Å². The first-order valence-corrected chi connectivity index (χ1v) is 13.8. The van der Waals surface area contributed by atoms with Crippen LogP contribution in [0.25, 0.3) is 32.9 Å². The molecule has 1 aliphatic carbocycles. The van der Waals surface area contributed by atoms with Crippen LogP contribution in [0.4, 0.5) is 10.2 Å². The molecule has 0 radical (unpaired) electrons. The topological polar surface area (TPSA) is 91.8 Å². The summed E-state index contributed by atoms with van der Waals surface area (Å²) in [6.45, 7) is 6.92. The van der Waals surface area contributed by atoms with Crippen molar-refractivity contribution in [2.24, 2.45) is 11.8 Å². The first-order chi connectivity index (χ1) is 19.3. The number of anilines is 1. The number of aromatic nitrogens is 3. The van der Waals surface area contributed by atoms with Crippen LogP contribution in [0, 0.1) is 17.7 Å². The van der Waals surface area contributed by atoms with Gasteiger partial charge < -0.3 is 15.2 Å². The van der Waals surface area contributed by atoms with E-state index in [9.17, 15) is 14.0 Å². The number of carbonyl (C=O) groups is 2. The predicted molar refractivity (Wildman–Crippen MR) is 155 cm³/mol. The molecule has 2 aromatic heterocycles. The first-order valence-electron chi connectivity index (χ1n) is 13.8. The summed E-state index contributed by atoms with van der Waals surface area (Å²) in [5.41, 5.74) is 5.02. The Morgan fingerprint density at radius 2 is 1.80 bits per heavy atom. The molecule has 1 atom stereocenters. The molecule has 0 spiro atoms. The molecule has 8 heteroatoms. The second-order valence-electron chi connectivity index (χ2n) is 11.2. The van der Waals surface area contributed by atoms with Crippen LogP contribution in [0.5, 0.6) is 0 Å². The zero-order valence-electron chi connectivity index (χ0n) is 22.8. The Morgan fingerprint density at radius 3 is 2.55 bits per heavy atom. The standard InChI is InChI=1S/C32H32FN5O2/c1-18(2)16-38-17-27(32(40)34-19(3)21-5-4-6-24(33)13-21)26-14-22(10-12-29(26)38)23-9-11-25-28(15-23)36-37-30(25)35-31(39)20-7-8-20/h4-6,9-15,17-20H,7-8,16H2,1-3H3,(H,34,40)(H2,35,36,37,39)/t19-/m0/s1. The third-order valence-corrected chi connectivity index (χ3v) is 7.47. The van der Waals surface area contributed by atoms with Gasteiger partial charge in [-0.3, -0.25) is 14.7 Å². The lowest BCUT2D eigenvalue weighted by atomic mass is 10.0. The fraction of sp³-hybridized carbons (Fsp3) is 0.281. The number of carbonyl (C=O) groups excluding carboxylic acids is 2. The summed E-state index contributed by atoms with van der Waals surface area (Å²) in [7, 11) is 0. The van der Waals surface area contributed by atoms with Crippen molar-refractivity contribution in [1.29, 1.82) is 0 Å². The Hall–Kier alpha value is -4.46.